The number of benzene rings is 2. The Balaban J connectivity index is 1.51. The van der Waals surface area contributed by atoms with Crippen LogP contribution in [0.25, 0.3) is 10.9 Å². The van der Waals surface area contributed by atoms with Crippen molar-refractivity contribution in [3.05, 3.63) is 59.8 Å². The molecule has 2 heterocycles. The number of ether oxygens (including phenoxy) is 1. The minimum atomic E-state index is -0.637. The fourth-order valence-corrected chi connectivity index (χ4v) is 3.37. The third-order valence-electron chi connectivity index (χ3n) is 4.69. The van der Waals surface area contributed by atoms with Gasteiger partial charge in [0.15, 0.2) is 0 Å². The Morgan fingerprint density at radius 1 is 1.15 bits per heavy atom. The molecule has 2 aromatic carbocycles. The van der Waals surface area contributed by atoms with Crippen molar-refractivity contribution in [2.75, 3.05) is 19.0 Å². The van der Waals surface area contributed by atoms with Gasteiger partial charge < -0.3 is 19.9 Å². The number of carbonyl (C=O) groups excluding carboxylic acids is 2. The summed E-state index contributed by atoms with van der Waals surface area (Å²) in [6.45, 7) is 0.952. The van der Waals surface area contributed by atoms with Crippen LogP contribution in [0.3, 0.4) is 0 Å². The number of hydrogen-bond donors (Lipinski definition) is 2. The predicted octanol–water partition coefficient (Wildman–Crippen LogP) is 2.70. The van der Waals surface area contributed by atoms with E-state index < -0.39 is 11.8 Å². The molecule has 2 amide bonds. The lowest BCUT2D eigenvalue weighted by molar-refractivity contribution is -0.143. The molecule has 0 bridgehead atoms. The van der Waals surface area contributed by atoms with E-state index in [2.05, 4.69) is 10.3 Å². The molecule has 0 fully saturated rings. The molecule has 0 aliphatic carbocycles. The largest absolute Gasteiger partial charge is 0.497 e. The van der Waals surface area contributed by atoms with Crippen molar-refractivity contribution >= 4 is 28.4 Å². The number of H-pyrrole nitrogens is 1. The van der Waals surface area contributed by atoms with Gasteiger partial charge in [-0.15, -0.1) is 0 Å². The molecule has 4 rings (SSSR count). The maximum Gasteiger partial charge on any atom is 0.313 e. The van der Waals surface area contributed by atoms with Crippen LogP contribution in [0.5, 0.6) is 5.75 Å². The monoisotopic (exact) mass is 349 g/mol. The molecule has 0 unspecified atom stereocenters. The van der Waals surface area contributed by atoms with E-state index in [-0.39, 0.29) is 0 Å². The van der Waals surface area contributed by atoms with Crippen LogP contribution < -0.4 is 10.1 Å². The lowest BCUT2D eigenvalue weighted by atomic mass is 10.0. The summed E-state index contributed by atoms with van der Waals surface area (Å²) in [5.74, 6) is -0.540. The fourth-order valence-electron chi connectivity index (χ4n) is 3.37. The third-order valence-corrected chi connectivity index (χ3v) is 4.69. The number of hydrogen-bond acceptors (Lipinski definition) is 3. The number of carbonyl (C=O) groups is 2. The van der Waals surface area contributed by atoms with Crippen molar-refractivity contribution in [1.82, 2.24) is 9.88 Å². The highest BCUT2D eigenvalue weighted by atomic mass is 16.5. The van der Waals surface area contributed by atoms with Gasteiger partial charge in [0.25, 0.3) is 0 Å². The molecule has 0 saturated heterocycles. The Hall–Kier alpha value is -3.28. The van der Waals surface area contributed by atoms with Gasteiger partial charge in [0.05, 0.1) is 7.11 Å². The Labute approximate surface area is 150 Å². The number of aromatic nitrogens is 1. The fraction of sp³-hybridized carbons (Fsp3) is 0.200. The number of rotatable bonds is 2. The number of aromatic amines is 1. The van der Waals surface area contributed by atoms with Crippen LogP contribution in [0.2, 0.25) is 0 Å². The third kappa shape index (κ3) is 2.90. The summed E-state index contributed by atoms with van der Waals surface area (Å²) in [5.41, 5.74) is 3.83. The number of para-hydroxylation sites is 1. The topological polar surface area (TPSA) is 74.4 Å². The van der Waals surface area contributed by atoms with Crippen LogP contribution in [0.4, 0.5) is 5.69 Å². The Morgan fingerprint density at radius 2 is 2.00 bits per heavy atom. The maximum absolute atomic E-state index is 12.6. The SMILES string of the molecule is COc1cccc(NC(=O)C(=O)N2CCc3[nH]c4ccccc4c3C2)c1. The van der Waals surface area contributed by atoms with Crippen LogP contribution in [0, 0.1) is 0 Å². The number of amides is 2. The summed E-state index contributed by atoms with van der Waals surface area (Å²) in [7, 11) is 1.55. The van der Waals surface area contributed by atoms with Gasteiger partial charge in [-0.2, -0.15) is 0 Å². The first-order valence-electron chi connectivity index (χ1n) is 8.48. The van der Waals surface area contributed by atoms with Crippen LogP contribution in [-0.4, -0.2) is 35.4 Å². The summed E-state index contributed by atoms with van der Waals surface area (Å²) in [4.78, 5) is 30.0. The standard InChI is InChI=1S/C20H19N3O3/c1-26-14-6-4-5-13(11-14)21-19(24)20(25)23-10-9-18-16(12-23)15-7-2-3-8-17(15)22-18/h2-8,11,22H,9-10,12H2,1H3,(H,21,24). The highest BCUT2D eigenvalue weighted by Crippen LogP contribution is 2.27. The van der Waals surface area contributed by atoms with Crippen LogP contribution in [0.15, 0.2) is 48.5 Å². The summed E-state index contributed by atoms with van der Waals surface area (Å²) in [6.07, 6.45) is 0.711. The molecule has 0 spiro atoms. The first kappa shape index (κ1) is 16.2. The molecule has 1 aliphatic heterocycles. The molecular formula is C20H19N3O3. The Kier molecular flexibility index (Phi) is 4.08. The molecule has 0 radical (unpaired) electrons. The smallest absolute Gasteiger partial charge is 0.313 e. The van der Waals surface area contributed by atoms with E-state index >= 15 is 0 Å². The molecule has 132 valence electrons. The summed E-state index contributed by atoms with van der Waals surface area (Å²) in [5, 5.41) is 3.76. The lowest BCUT2D eigenvalue weighted by Gasteiger charge is -2.26. The zero-order valence-corrected chi connectivity index (χ0v) is 14.4. The lowest BCUT2D eigenvalue weighted by Crippen LogP contribution is -2.42. The second kappa shape index (κ2) is 6.55. The molecule has 26 heavy (non-hydrogen) atoms. The minimum absolute atomic E-state index is 0.434. The number of nitrogens with one attached hydrogen (secondary N) is 2. The van der Waals surface area contributed by atoms with Crippen molar-refractivity contribution in [2.45, 2.75) is 13.0 Å². The van der Waals surface area contributed by atoms with E-state index in [0.29, 0.717) is 30.9 Å². The zero-order valence-electron chi connectivity index (χ0n) is 14.4. The number of methoxy groups -OCH3 is 1. The molecule has 1 aliphatic rings. The summed E-state index contributed by atoms with van der Waals surface area (Å²) in [6, 6.07) is 15.0. The second-order valence-electron chi connectivity index (χ2n) is 6.29. The molecule has 2 N–H and O–H groups in total. The van der Waals surface area contributed by atoms with Crippen LogP contribution >= 0.6 is 0 Å². The summed E-state index contributed by atoms with van der Waals surface area (Å²) >= 11 is 0. The van der Waals surface area contributed by atoms with Crippen molar-refractivity contribution in [2.24, 2.45) is 0 Å². The van der Waals surface area contributed by atoms with Crippen molar-refractivity contribution in [3.63, 3.8) is 0 Å². The highest BCUT2D eigenvalue weighted by molar-refractivity contribution is 6.39. The summed E-state index contributed by atoms with van der Waals surface area (Å²) < 4.78 is 5.13. The first-order chi connectivity index (χ1) is 12.7. The number of fused-ring (bicyclic) bond motifs is 3. The minimum Gasteiger partial charge on any atom is -0.497 e. The predicted molar refractivity (Wildman–Crippen MR) is 99.0 cm³/mol. The van der Waals surface area contributed by atoms with Crippen LogP contribution in [0.1, 0.15) is 11.3 Å². The van der Waals surface area contributed by atoms with Gasteiger partial charge in [-0.3, -0.25) is 9.59 Å². The van der Waals surface area contributed by atoms with E-state index in [1.807, 2.05) is 24.3 Å². The van der Waals surface area contributed by atoms with E-state index in [4.69, 9.17) is 4.74 Å². The molecule has 3 aromatic rings. The number of anilines is 1. The van der Waals surface area contributed by atoms with Gasteiger partial charge in [-0.25, -0.2) is 0 Å². The Bertz CT molecular complexity index is 993. The van der Waals surface area contributed by atoms with Gasteiger partial charge in [-0.1, -0.05) is 24.3 Å². The van der Waals surface area contributed by atoms with Crippen LogP contribution in [-0.2, 0) is 22.6 Å². The van der Waals surface area contributed by atoms with Gasteiger partial charge in [0.1, 0.15) is 5.75 Å². The molecular weight excluding hydrogens is 330 g/mol. The molecule has 6 heteroatoms. The van der Waals surface area contributed by atoms with E-state index in [1.54, 1.807) is 36.3 Å². The first-order valence-corrected chi connectivity index (χ1v) is 8.48. The van der Waals surface area contributed by atoms with Gasteiger partial charge in [0.2, 0.25) is 0 Å². The Morgan fingerprint density at radius 3 is 2.85 bits per heavy atom. The highest BCUT2D eigenvalue weighted by Gasteiger charge is 2.28. The molecule has 0 atom stereocenters. The van der Waals surface area contributed by atoms with E-state index in [9.17, 15) is 9.59 Å². The average Bonchev–Trinajstić information content (AvgIpc) is 3.05. The zero-order chi connectivity index (χ0) is 18.1. The van der Waals surface area contributed by atoms with Crippen molar-refractivity contribution < 1.29 is 14.3 Å². The number of nitrogens with zero attached hydrogens (tertiary/aromatic N) is 1. The van der Waals surface area contributed by atoms with E-state index in [0.717, 1.165) is 22.2 Å². The quantitative estimate of drug-likeness (QED) is 0.699. The normalized spacial score (nSPS) is 13.3. The molecule has 1 aromatic heterocycles. The maximum atomic E-state index is 12.6. The second-order valence-corrected chi connectivity index (χ2v) is 6.29. The molecule has 6 nitrogen and oxygen atoms in total. The van der Waals surface area contributed by atoms with Crippen molar-refractivity contribution in [3.8, 4) is 5.75 Å². The van der Waals surface area contributed by atoms with Crippen molar-refractivity contribution in [1.29, 1.82) is 0 Å². The molecule has 0 saturated carbocycles. The average molecular weight is 349 g/mol. The van der Waals surface area contributed by atoms with Gasteiger partial charge >= 0.3 is 11.8 Å². The van der Waals surface area contributed by atoms with Gasteiger partial charge in [-0.05, 0) is 18.2 Å². The van der Waals surface area contributed by atoms with E-state index in [1.165, 1.54) is 0 Å². The van der Waals surface area contributed by atoms with Gasteiger partial charge in [0, 0.05) is 53.4 Å².